The van der Waals surface area contributed by atoms with Crippen molar-refractivity contribution in [2.45, 2.75) is 38.1 Å². The fourth-order valence-corrected chi connectivity index (χ4v) is 2.84. The summed E-state index contributed by atoms with van der Waals surface area (Å²) in [6.07, 6.45) is 5.60. The van der Waals surface area contributed by atoms with Gasteiger partial charge in [0.25, 0.3) is 5.91 Å². The van der Waals surface area contributed by atoms with Crippen LogP contribution in [0.25, 0.3) is 0 Å². The zero-order valence-corrected chi connectivity index (χ0v) is 11.7. The van der Waals surface area contributed by atoms with Gasteiger partial charge >= 0.3 is 0 Å². The van der Waals surface area contributed by atoms with Crippen molar-refractivity contribution in [3.05, 3.63) is 34.2 Å². The molecule has 1 aliphatic carbocycles. The molecule has 104 valence electrons. The van der Waals surface area contributed by atoms with E-state index in [-0.39, 0.29) is 17.5 Å². The number of rotatable bonds is 4. The molecule has 0 radical (unpaired) electrons. The summed E-state index contributed by atoms with van der Waals surface area (Å²) in [6, 6.07) is 4.91. The van der Waals surface area contributed by atoms with Crippen LogP contribution in [0.4, 0.5) is 0 Å². The van der Waals surface area contributed by atoms with Crippen molar-refractivity contribution in [2.75, 3.05) is 12.4 Å². The fourth-order valence-electron chi connectivity index (χ4n) is 2.66. The molecule has 4 nitrogen and oxygen atoms in total. The Morgan fingerprint density at radius 3 is 2.68 bits per heavy atom. The molecule has 1 aromatic rings. The topological polar surface area (TPSA) is 53.2 Å². The standard InChI is InChI=1S/C14H19ClN2O2/c15-9-10-17(11-5-2-1-3-6-11)14(19)12-7-4-8-13(18)16-12/h4,7-8,11H,1-3,5-6,9-10H2,(H,16,18). The summed E-state index contributed by atoms with van der Waals surface area (Å²) in [5.74, 6) is 0.296. The van der Waals surface area contributed by atoms with Crippen molar-refractivity contribution in [1.29, 1.82) is 0 Å². The maximum absolute atomic E-state index is 12.5. The third kappa shape index (κ3) is 3.60. The lowest BCUT2D eigenvalue weighted by molar-refractivity contribution is 0.0643. The number of carbonyl (C=O) groups is 1. The van der Waals surface area contributed by atoms with E-state index in [2.05, 4.69) is 4.98 Å². The van der Waals surface area contributed by atoms with Crippen LogP contribution in [-0.4, -0.2) is 34.3 Å². The third-order valence-electron chi connectivity index (χ3n) is 3.60. The maximum atomic E-state index is 12.5. The lowest BCUT2D eigenvalue weighted by atomic mass is 9.94. The van der Waals surface area contributed by atoms with Gasteiger partial charge in [0.2, 0.25) is 5.56 Å². The first-order valence-electron chi connectivity index (χ1n) is 6.78. The molecule has 1 heterocycles. The Labute approximate surface area is 117 Å². The number of aromatic nitrogens is 1. The average molecular weight is 283 g/mol. The van der Waals surface area contributed by atoms with E-state index in [1.54, 1.807) is 12.1 Å². The van der Waals surface area contributed by atoms with Gasteiger partial charge in [-0.05, 0) is 18.9 Å². The normalized spacial score (nSPS) is 16.3. The third-order valence-corrected chi connectivity index (χ3v) is 3.77. The van der Waals surface area contributed by atoms with E-state index in [0.717, 1.165) is 25.7 Å². The van der Waals surface area contributed by atoms with Gasteiger partial charge in [-0.25, -0.2) is 0 Å². The van der Waals surface area contributed by atoms with Crippen molar-refractivity contribution in [3.63, 3.8) is 0 Å². The first-order chi connectivity index (χ1) is 9.22. The van der Waals surface area contributed by atoms with Crippen LogP contribution in [0.5, 0.6) is 0 Å². The smallest absolute Gasteiger partial charge is 0.270 e. The van der Waals surface area contributed by atoms with Gasteiger partial charge < -0.3 is 9.88 Å². The second kappa shape index (κ2) is 6.75. The van der Waals surface area contributed by atoms with E-state index in [1.165, 1.54) is 12.5 Å². The molecule has 1 fully saturated rings. The first kappa shape index (κ1) is 14.1. The molecule has 0 saturated heterocycles. The highest BCUT2D eigenvalue weighted by Gasteiger charge is 2.26. The minimum absolute atomic E-state index is 0.120. The van der Waals surface area contributed by atoms with E-state index in [0.29, 0.717) is 18.1 Å². The van der Waals surface area contributed by atoms with E-state index >= 15 is 0 Å². The summed E-state index contributed by atoms with van der Waals surface area (Å²) in [5, 5.41) is 0. The van der Waals surface area contributed by atoms with Crippen molar-refractivity contribution >= 4 is 17.5 Å². The predicted molar refractivity (Wildman–Crippen MR) is 75.7 cm³/mol. The van der Waals surface area contributed by atoms with Gasteiger partial charge in [-0.15, -0.1) is 11.6 Å². The van der Waals surface area contributed by atoms with Gasteiger partial charge in [-0.1, -0.05) is 25.3 Å². The molecular formula is C14H19ClN2O2. The molecule has 0 unspecified atom stereocenters. The SMILES string of the molecule is O=C(c1cccc(=O)[nH]1)N(CCCl)C1CCCCC1. The number of aromatic amines is 1. The molecule has 1 amide bonds. The Hall–Kier alpha value is -1.29. The minimum Gasteiger partial charge on any atom is -0.333 e. The van der Waals surface area contributed by atoms with Gasteiger partial charge in [0.05, 0.1) is 0 Å². The molecule has 0 bridgehead atoms. The maximum Gasteiger partial charge on any atom is 0.270 e. The van der Waals surface area contributed by atoms with Crippen molar-refractivity contribution < 1.29 is 4.79 Å². The highest BCUT2D eigenvalue weighted by Crippen LogP contribution is 2.23. The molecule has 0 atom stereocenters. The molecule has 0 aromatic carbocycles. The lowest BCUT2D eigenvalue weighted by Crippen LogP contribution is -2.43. The molecule has 1 aromatic heterocycles. The molecule has 0 spiro atoms. The number of nitrogens with zero attached hydrogens (tertiary/aromatic N) is 1. The fraction of sp³-hybridized carbons (Fsp3) is 0.571. The quantitative estimate of drug-likeness (QED) is 0.862. The number of pyridine rings is 1. The number of amides is 1. The van der Waals surface area contributed by atoms with Gasteiger partial charge in [0, 0.05) is 24.5 Å². The summed E-state index contributed by atoms with van der Waals surface area (Å²) >= 11 is 5.81. The van der Waals surface area contributed by atoms with Crippen LogP contribution >= 0.6 is 11.6 Å². The Balaban J connectivity index is 2.17. The van der Waals surface area contributed by atoms with E-state index < -0.39 is 0 Å². The van der Waals surface area contributed by atoms with Crippen LogP contribution in [-0.2, 0) is 0 Å². The molecule has 1 saturated carbocycles. The lowest BCUT2D eigenvalue weighted by Gasteiger charge is -2.33. The molecule has 19 heavy (non-hydrogen) atoms. The molecule has 2 rings (SSSR count). The zero-order chi connectivity index (χ0) is 13.7. The Morgan fingerprint density at radius 2 is 2.05 bits per heavy atom. The summed E-state index contributed by atoms with van der Waals surface area (Å²) in [7, 11) is 0. The largest absolute Gasteiger partial charge is 0.333 e. The monoisotopic (exact) mass is 282 g/mol. The second-order valence-electron chi connectivity index (χ2n) is 4.91. The number of hydrogen-bond donors (Lipinski definition) is 1. The summed E-state index contributed by atoms with van der Waals surface area (Å²) in [5.41, 5.74) is 0.100. The van der Waals surface area contributed by atoms with Crippen LogP contribution in [0, 0.1) is 0 Å². The van der Waals surface area contributed by atoms with E-state index in [4.69, 9.17) is 11.6 Å². The number of halogens is 1. The molecule has 5 heteroatoms. The summed E-state index contributed by atoms with van der Waals surface area (Å²) < 4.78 is 0. The van der Waals surface area contributed by atoms with E-state index in [1.807, 2.05) is 4.90 Å². The number of H-pyrrole nitrogens is 1. The van der Waals surface area contributed by atoms with Crippen LogP contribution in [0.2, 0.25) is 0 Å². The van der Waals surface area contributed by atoms with Crippen LogP contribution in [0.15, 0.2) is 23.0 Å². The van der Waals surface area contributed by atoms with Crippen molar-refractivity contribution in [2.24, 2.45) is 0 Å². The molecule has 0 aliphatic heterocycles. The van der Waals surface area contributed by atoms with Gasteiger partial charge in [-0.3, -0.25) is 9.59 Å². The molecular weight excluding hydrogens is 264 g/mol. The first-order valence-corrected chi connectivity index (χ1v) is 7.32. The zero-order valence-electron chi connectivity index (χ0n) is 10.9. The van der Waals surface area contributed by atoms with Crippen LogP contribution in [0.1, 0.15) is 42.6 Å². The Bertz CT molecular complexity index is 480. The Kier molecular flexibility index (Phi) is 5.02. The van der Waals surface area contributed by atoms with Crippen LogP contribution < -0.4 is 5.56 Å². The Morgan fingerprint density at radius 1 is 1.32 bits per heavy atom. The highest BCUT2D eigenvalue weighted by molar-refractivity contribution is 6.18. The van der Waals surface area contributed by atoms with Gasteiger partial charge in [-0.2, -0.15) is 0 Å². The number of alkyl halides is 1. The minimum atomic E-state index is -0.250. The van der Waals surface area contributed by atoms with Crippen molar-refractivity contribution in [1.82, 2.24) is 9.88 Å². The van der Waals surface area contributed by atoms with Gasteiger partial charge in [0.1, 0.15) is 5.69 Å². The predicted octanol–water partition coefficient (Wildman–Crippen LogP) is 2.39. The summed E-state index contributed by atoms with van der Waals surface area (Å²) in [4.78, 5) is 28.2. The second-order valence-corrected chi connectivity index (χ2v) is 5.29. The van der Waals surface area contributed by atoms with Gasteiger partial charge in [0.15, 0.2) is 0 Å². The van der Waals surface area contributed by atoms with E-state index in [9.17, 15) is 9.59 Å². The van der Waals surface area contributed by atoms with Crippen LogP contribution in [0.3, 0.4) is 0 Å². The average Bonchev–Trinajstić information content (AvgIpc) is 2.45. The number of carbonyl (C=O) groups excluding carboxylic acids is 1. The number of nitrogens with one attached hydrogen (secondary N) is 1. The van der Waals surface area contributed by atoms with Crippen molar-refractivity contribution in [3.8, 4) is 0 Å². The number of hydrogen-bond acceptors (Lipinski definition) is 2. The molecule has 1 N–H and O–H groups in total. The molecule has 1 aliphatic rings. The summed E-state index contributed by atoms with van der Waals surface area (Å²) in [6.45, 7) is 0.530. The highest BCUT2D eigenvalue weighted by atomic mass is 35.5.